The van der Waals surface area contributed by atoms with Gasteiger partial charge in [0.2, 0.25) is 0 Å². The Morgan fingerprint density at radius 1 is 1.32 bits per heavy atom. The summed E-state index contributed by atoms with van der Waals surface area (Å²) in [6, 6.07) is 10.2. The average Bonchev–Trinajstić information content (AvgIpc) is 3.16. The van der Waals surface area contributed by atoms with Gasteiger partial charge in [0.15, 0.2) is 0 Å². The maximum absolute atomic E-state index is 11.8. The summed E-state index contributed by atoms with van der Waals surface area (Å²) in [7, 11) is 0. The number of hydrogen-bond acceptors (Lipinski definition) is 3. The van der Waals surface area contributed by atoms with Crippen LogP contribution in [-0.4, -0.2) is 25.2 Å². The van der Waals surface area contributed by atoms with Crippen molar-refractivity contribution in [1.82, 2.24) is 10.6 Å². The summed E-state index contributed by atoms with van der Waals surface area (Å²) < 4.78 is 5.14. The summed E-state index contributed by atoms with van der Waals surface area (Å²) in [5.41, 5.74) is 1.37. The Bertz CT molecular complexity index is 669. The number of hydrogen-bond donors (Lipinski definition) is 3. The van der Waals surface area contributed by atoms with Gasteiger partial charge in [-0.05, 0) is 30.3 Å². The van der Waals surface area contributed by atoms with E-state index in [-0.39, 0.29) is 12.1 Å². The fourth-order valence-electron chi connectivity index (χ4n) is 2.23. The van der Waals surface area contributed by atoms with Crippen LogP contribution in [0.5, 0.6) is 0 Å². The summed E-state index contributed by atoms with van der Waals surface area (Å²) in [5, 5.41) is 8.17. The molecule has 1 aromatic carbocycles. The minimum absolute atomic E-state index is 0.126. The van der Waals surface area contributed by atoms with E-state index in [1.807, 2.05) is 6.07 Å². The first-order valence-electron chi connectivity index (χ1n) is 6.95. The lowest BCUT2D eigenvalue weighted by molar-refractivity contribution is 0.250. The lowest BCUT2D eigenvalue weighted by atomic mass is 10.2. The van der Waals surface area contributed by atoms with Gasteiger partial charge in [-0.3, -0.25) is 4.90 Å². The summed E-state index contributed by atoms with van der Waals surface area (Å²) in [6.45, 7) is 1.56. The number of anilines is 2. The number of nitrogens with zero attached hydrogens (tertiary/aromatic N) is 1. The summed E-state index contributed by atoms with van der Waals surface area (Å²) in [4.78, 5) is 25.1. The molecule has 2 heterocycles. The van der Waals surface area contributed by atoms with Crippen LogP contribution in [0.15, 0.2) is 47.1 Å². The summed E-state index contributed by atoms with van der Waals surface area (Å²) in [5.74, 6) is 0.678. The van der Waals surface area contributed by atoms with Gasteiger partial charge in [-0.1, -0.05) is 6.07 Å². The normalized spacial score (nSPS) is 13.8. The van der Waals surface area contributed by atoms with Gasteiger partial charge >= 0.3 is 12.1 Å². The largest absolute Gasteiger partial charge is 0.467 e. The van der Waals surface area contributed by atoms with E-state index in [0.717, 1.165) is 5.69 Å². The van der Waals surface area contributed by atoms with E-state index in [1.165, 1.54) is 0 Å². The molecule has 2 aromatic rings. The zero-order valence-corrected chi connectivity index (χ0v) is 11.8. The summed E-state index contributed by atoms with van der Waals surface area (Å²) in [6.07, 6.45) is 1.56. The number of rotatable bonds is 4. The maximum atomic E-state index is 11.8. The van der Waals surface area contributed by atoms with Crippen molar-refractivity contribution in [2.24, 2.45) is 0 Å². The van der Waals surface area contributed by atoms with Crippen LogP contribution in [0, 0.1) is 0 Å². The third-order valence-electron chi connectivity index (χ3n) is 3.28. The highest BCUT2D eigenvalue weighted by atomic mass is 16.3. The standard InChI is InChI=1S/C15H16N4O3/c20-14(17-10-13-5-2-8-22-13)18-11-3-1-4-12(9-11)19-7-6-16-15(19)21/h1-5,8-9H,6-7,10H2,(H,16,21)(H2,17,18,20). The minimum Gasteiger partial charge on any atom is -0.467 e. The monoisotopic (exact) mass is 300 g/mol. The Morgan fingerprint density at radius 2 is 2.23 bits per heavy atom. The fourth-order valence-corrected chi connectivity index (χ4v) is 2.23. The molecule has 1 aromatic heterocycles. The number of carbonyl (C=O) groups excluding carboxylic acids is 2. The molecule has 0 aliphatic carbocycles. The second-order valence-corrected chi connectivity index (χ2v) is 4.82. The molecule has 1 saturated heterocycles. The SMILES string of the molecule is O=C(NCc1ccco1)Nc1cccc(N2CCNC2=O)c1. The van der Waals surface area contributed by atoms with Crippen molar-refractivity contribution in [3.8, 4) is 0 Å². The lowest BCUT2D eigenvalue weighted by Gasteiger charge is -2.15. The highest BCUT2D eigenvalue weighted by Crippen LogP contribution is 2.20. The van der Waals surface area contributed by atoms with Crippen LogP contribution in [0.4, 0.5) is 21.0 Å². The van der Waals surface area contributed by atoms with Crippen LogP contribution in [0.1, 0.15) is 5.76 Å². The lowest BCUT2D eigenvalue weighted by Crippen LogP contribution is -2.29. The maximum Gasteiger partial charge on any atom is 0.321 e. The van der Waals surface area contributed by atoms with Gasteiger partial charge in [-0.15, -0.1) is 0 Å². The number of benzene rings is 1. The smallest absolute Gasteiger partial charge is 0.321 e. The van der Waals surface area contributed by atoms with E-state index >= 15 is 0 Å². The van der Waals surface area contributed by atoms with Crippen LogP contribution in [0.25, 0.3) is 0 Å². The first kappa shape index (κ1) is 14.0. The molecule has 3 N–H and O–H groups in total. The minimum atomic E-state index is -0.334. The molecule has 3 rings (SSSR count). The molecule has 4 amide bonds. The Balaban J connectivity index is 1.60. The molecule has 1 aliphatic heterocycles. The fraction of sp³-hybridized carbons (Fsp3) is 0.200. The van der Waals surface area contributed by atoms with Gasteiger partial charge in [0.25, 0.3) is 0 Å². The molecule has 0 bridgehead atoms. The first-order valence-corrected chi connectivity index (χ1v) is 6.95. The molecular weight excluding hydrogens is 284 g/mol. The van der Waals surface area contributed by atoms with Gasteiger partial charge in [0.05, 0.1) is 12.8 Å². The molecule has 0 atom stereocenters. The zero-order valence-electron chi connectivity index (χ0n) is 11.8. The van der Waals surface area contributed by atoms with Gasteiger partial charge < -0.3 is 20.4 Å². The van der Waals surface area contributed by atoms with Crippen molar-refractivity contribution in [2.45, 2.75) is 6.54 Å². The van der Waals surface area contributed by atoms with E-state index in [4.69, 9.17) is 4.42 Å². The van der Waals surface area contributed by atoms with Crippen LogP contribution in [-0.2, 0) is 6.54 Å². The first-order chi connectivity index (χ1) is 10.7. The highest BCUT2D eigenvalue weighted by molar-refractivity contribution is 5.95. The van der Waals surface area contributed by atoms with E-state index in [2.05, 4.69) is 16.0 Å². The molecule has 1 aliphatic rings. The Labute approximate surface area is 127 Å². The van der Waals surface area contributed by atoms with Crippen molar-refractivity contribution in [1.29, 1.82) is 0 Å². The Kier molecular flexibility index (Phi) is 3.95. The molecule has 0 spiro atoms. The number of carbonyl (C=O) groups is 2. The highest BCUT2D eigenvalue weighted by Gasteiger charge is 2.21. The second-order valence-electron chi connectivity index (χ2n) is 4.82. The van der Waals surface area contributed by atoms with Gasteiger partial charge in [-0.25, -0.2) is 9.59 Å². The predicted octanol–water partition coefficient (Wildman–Crippen LogP) is 2.13. The molecule has 22 heavy (non-hydrogen) atoms. The zero-order chi connectivity index (χ0) is 15.4. The van der Waals surface area contributed by atoms with Crippen molar-refractivity contribution in [2.75, 3.05) is 23.3 Å². The molecule has 114 valence electrons. The number of urea groups is 2. The molecule has 1 fully saturated rings. The van der Waals surface area contributed by atoms with Crippen molar-refractivity contribution >= 4 is 23.4 Å². The van der Waals surface area contributed by atoms with Gasteiger partial charge in [0.1, 0.15) is 5.76 Å². The van der Waals surface area contributed by atoms with Crippen LogP contribution in [0.3, 0.4) is 0 Å². The van der Waals surface area contributed by atoms with E-state index in [1.54, 1.807) is 41.5 Å². The van der Waals surface area contributed by atoms with Crippen LogP contribution in [0.2, 0.25) is 0 Å². The third-order valence-corrected chi connectivity index (χ3v) is 3.28. The summed E-state index contributed by atoms with van der Waals surface area (Å²) >= 11 is 0. The molecule has 7 heteroatoms. The van der Waals surface area contributed by atoms with Crippen LogP contribution < -0.4 is 20.9 Å². The van der Waals surface area contributed by atoms with Gasteiger partial charge in [0, 0.05) is 24.5 Å². The van der Waals surface area contributed by atoms with Crippen molar-refractivity contribution in [3.05, 3.63) is 48.4 Å². The van der Waals surface area contributed by atoms with E-state index in [0.29, 0.717) is 31.1 Å². The molecule has 0 saturated carbocycles. The van der Waals surface area contributed by atoms with Crippen LogP contribution >= 0.6 is 0 Å². The third kappa shape index (κ3) is 3.20. The Hall–Kier alpha value is -2.96. The molecule has 7 nitrogen and oxygen atoms in total. The number of nitrogens with one attached hydrogen (secondary N) is 3. The van der Waals surface area contributed by atoms with E-state index in [9.17, 15) is 9.59 Å². The molecule has 0 unspecified atom stereocenters. The number of amides is 4. The van der Waals surface area contributed by atoms with E-state index < -0.39 is 0 Å². The van der Waals surface area contributed by atoms with Crippen molar-refractivity contribution in [3.63, 3.8) is 0 Å². The van der Waals surface area contributed by atoms with Crippen molar-refractivity contribution < 1.29 is 14.0 Å². The average molecular weight is 300 g/mol. The number of furan rings is 1. The van der Waals surface area contributed by atoms with Gasteiger partial charge in [-0.2, -0.15) is 0 Å². The molecule has 0 radical (unpaired) electrons. The topological polar surface area (TPSA) is 86.6 Å². The molecular formula is C15H16N4O3. The quantitative estimate of drug-likeness (QED) is 0.808. The second kappa shape index (κ2) is 6.21. The predicted molar refractivity (Wildman–Crippen MR) is 81.8 cm³/mol. The Morgan fingerprint density at radius 3 is 2.95 bits per heavy atom.